The van der Waals surface area contributed by atoms with Crippen molar-refractivity contribution < 1.29 is 9.53 Å². The highest BCUT2D eigenvalue weighted by Crippen LogP contribution is 2.21. The van der Waals surface area contributed by atoms with Crippen molar-refractivity contribution in [2.45, 2.75) is 32.4 Å². The number of carbonyl (C=O) groups excluding carboxylic acids is 1. The molecule has 1 saturated heterocycles. The van der Waals surface area contributed by atoms with E-state index in [-0.39, 0.29) is 5.91 Å². The molecule has 2 heterocycles. The van der Waals surface area contributed by atoms with Gasteiger partial charge in [-0.1, -0.05) is 30.3 Å². The first-order chi connectivity index (χ1) is 12.3. The molecule has 1 fully saturated rings. The van der Waals surface area contributed by atoms with Gasteiger partial charge in [0.05, 0.1) is 6.10 Å². The molecule has 1 aliphatic heterocycles. The Kier molecular flexibility index (Phi) is 6.01. The number of ether oxygens (including phenoxy) is 1. The van der Waals surface area contributed by atoms with Crippen molar-refractivity contribution >= 4 is 11.6 Å². The van der Waals surface area contributed by atoms with Crippen LogP contribution in [0.3, 0.4) is 0 Å². The van der Waals surface area contributed by atoms with Gasteiger partial charge in [-0.25, -0.2) is 0 Å². The Labute approximate surface area is 149 Å². The van der Waals surface area contributed by atoms with Gasteiger partial charge in [0.25, 0.3) is 5.91 Å². The van der Waals surface area contributed by atoms with Crippen LogP contribution in [-0.2, 0) is 11.3 Å². The molecule has 25 heavy (non-hydrogen) atoms. The molecule has 1 aromatic carbocycles. The molecule has 1 N–H and O–H groups in total. The van der Waals surface area contributed by atoms with Crippen molar-refractivity contribution in [1.82, 2.24) is 10.3 Å². The summed E-state index contributed by atoms with van der Waals surface area (Å²) in [7, 11) is 0. The zero-order valence-corrected chi connectivity index (χ0v) is 14.6. The summed E-state index contributed by atoms with van der Waals surface area (Å²) in [6, 6.07) is 13.7. The summed E-state index contributed by atoms with van der Waals surface area (Å²) in [6.07, 6.45) is 4.11. The summed E-state index contributed by atoms with van der Waals surface area (Å²) in [5.74, 6) is -0.144. The number of rotatable bonds is 6. The molecule has 1 aliphatic rings. The van der Waals surface area contributed by atoms with Crippen LogP contribution >= 0.6 is 0 Å². The number of anilines is 1. The number of carbonyl (C=O) groups is 1. The summed E-state index contributed by atoms with van der Waals surface area (Å²) >= 11 is 0. The fourth-order valence-electron chi connectivity index (χ4n) is 3.13. The van der Waals surface area contributed by atoms with Crippen LogP contribution in [-0.4, -0.2) is 36.7 Å². The van der Waals surface area contributed by atoms with Gasteiger partial charge in [-0.3, -0.25) is 9.78 Å². The van der Waals surface area contributed by atoms with Crippen LogP contribution in [0, 0.1) is 0 Å². The molecular formula is C20H25N3O2. The topological polar surface area (TPSA) is 54.5 Å². The standard InChI is InChI=1S/C20H25N3O2/c1-2-25-18-9-12-23(13-10-18)17-8-11-21-19(14-17)20(24)22-15-16-6-4-3-5-7-16/h3-8,11,14,18H,2,9-10,12-13,15H2,1H3,(H,22,24). The summed E-state index contributed by atoms with van der Waals surface area (Å²) in [5, 5.41) is 2.93. The van der Waals surface area contributed by atoms with Crippen molar-refractivity contribution in [2.75, 3.05) is 24.6 Å². The van der Waals surface area contributed by atoms with Crippen LogP contribution in [0.15, 0.2) is 48.7 Å². The molecule has 5 heteroatoms. The molecule has 5 nitrogen and oxygen atoms in total. The Bertz CT molecular complexity index is 682. The van der Waals surface area contributed by atoms with E-state index in [1.807, 2.05) is 49.4 Å². The Hall–Kier alpha value is -2.40. The largest absolute Gasteiger partial charge is 0.378 e. The van der Waals surface area contributed by atoms with Gasteiger partial charge in [-0.2, -0.15) is 0 Å². The number of aromatic nitrogens is 1. The van der Waals surface area contributed by atoms with Crippen molar-refractivity contribution in [1.29, 1.82) is 0 Å². The SMILES string of the molecule is CCOC1CCN(c2ccnc(C(=O)NCc3ccccc3)c2)CC1. The summed E-state index contributed by atoms with van der Waals surface area (Å²) in [4.78, 5) is 18.9. The lowest BCUT2D eigenvalue weighted by Gasteiger charge is -2.33. The first-order valence-electron chi connectivity index (χ1n) is 8.91. The van der Waals surface area contributed by atoms with Crippen LogP contribution in [0.25, 0.3) is 0 Å². The van der Waals surface area contributed by atoms with E-state index in [1.54, 1.807) is 6.20 Å². The fourth-order valence-corrected chi connectivity index (χ4v) is 3.13. The predicted molar refractivity (Wildman–Crippen MR) is 98.7 cm³/mol. The van der Waals surface area contributed by atoms with Gasteiger partial charge >= 0.3 is 0 Å². The monoisotopic (exact) mass is 339 g/mol. The number of nitrogens with zero attached hydrogens (tertiary/aromatic N) is 2. The molecule has 2 aromatic rings. The number of pyridine rings is 1. The van der Waals surface area contributed by atoms with Crippen molar-refractivity contribution in [3.05, 3.63) is 59.9 Å². The van der Waals surface area contributed by atoms with Crippen LogP contribution in [0.1, 0.15) is 35.8 Å². The summed E-state index contributed by atoms with van der Waals surface area (Å²) in [5.41, 5.74) is 2.58. The second kappa shape index (κ2) is 8.62. The van der Waals surface area contributed by atoms with E-state index >= 15 is 0 Å². The minimum Gasteiger partial charge on any atom is -0.378 e. The highest BCUT2D eigenvalue weighted by molar-refractivity contribution is 5.93. The van der Waals surface area contributed by atoms with E-state index < -0.39 is 0 Å². The van der Waals surface area contributed by atoms with Gasteiger partial charge in [0, 0.05) is 38.1 Å². The average Bonchev–Trinajstić information content (AvgIpc) is 2.68. The number of nitrogens with one attached hydrogen (secondary N) is 1. The normalized spacial score (nSPS) is 15.2. The van der Waals surface area contributed by atoms with Gasteiger partial charge in [-0.15, -0.1) is 0 Å². The minimum atomic E-state index is -0.144. The Morgan fingerprint density at radius 1 is 1.24 bits per heavy atom. The molecule has 3 rings (SSSR count). The summed E-state index contributed by atoms with van der Waals surface area (Å²) < 4.78 is 5.70. The third-order valence-electron chi connectivity index (χ3n) is 4.48. The van der Waals surface area contributed by atoms with Gasteiger partial charge in [-0.05, 0) is 37.5 Å². The van der Waals surface area contributed by atoms with E-state index in [2.05, 4.69) is 15.2 Å². The number of benzene rings is 1. The average molecular weight is 339 g/mol. The predicted octanol–water partition coefficient (Wildman–Crippen LogP) is 3.02. The minimum absolute atomic E-state index is 0.144. The molecule has 0 aliphatic carbocycles. The lowest BCUT2D eigenvalue weighted by Crippen LogP contribution is -2.37. The second-order valence-electron chi connectivity index (χ2n) is 6.21. The molecule has 1 amide bonds. The third-order valence-corrected chi connectivity index (χ3v) is 4.48. The molecule has 1 aromatic heterocycles. The first kappa shape index (κ1) is 17.4. The number of amides is 1. The Morgan fingerprint density at radius 2 is 2.00 bits per heavy atom. The zero-order valence-electron chi connectivity index (χ0n) is 14.6. The van der Waals surface area contributed by atoms with Crippen molar-refractivity contribution in [2.24, 2.45) is 0 Å². The molecule has 0 unspecified atom stereocenters. The maximum atomic E-state index is 12.4. The van der Waals surface area contributed by atoms with Gasteiger partial charge < -0.3 is 15.0 Å². The molecule has 0 spiro atoms. The Balaban J connectivity index is 1.58. The molecule has 0 atom stereocenters. The number of hydrogen-bond donors (Lipinski definition) is 1. The van der Waals surface area contributed by atoms with Crippen molar-refractivity contribution in [3.8, 4) is 0 Å². The van der Waals surface area contributed by atoms with Crippen LogP contribution < -0.4 is 10.2 Å². The third kappa shape index (κ3) is 4.79. The van der Waals surface area contributed by atoms with E-state index in [4.69, 9.17) is 4.74 Å². The van der Waals surface area contributed by atoms with E-state index in [0.29, 0.717) is 18.3 Å². The van der Waals surface area contributed by atoms with Crippen molar-refractivity contribution in [3.63, 3.8) is 0 Å². The van der Waals surface area contributed by atoms with E-state index in [9.17, 15) is 4.79 Å². The lowest BCUT2D eigenvalue weighted by molar-refractivity contribution is 0.0459. The highest BCUT2D eigenvalue weighted by atomic mass is 16.5. The lowest BCUT2D eigenvalue weighted by atomic mass is 10.1. The molecule has 132 valence electrons. The molecule has 0 saturated carbocycles. The fraction of sp³-hybridized carbons (Fsp3) is 0.400. The van der Waals surface area contributed by atoms with Gasteiger partial charge in [0.2, 0.25) is 0 Å². The van der Waals surface area contributed by atoms with Crippen LogP contribution in [0.4, 0.5) is 5.69 Å². The summed E-state index contributed by atoms with van der Waals surface area (Å²) in [6.45, 7) is 5.20. The second-order valence-corrected chi connectivity index (χ2v) is 6.21. The first-order valence-corrected chi connectivity index (χ1v) is 8.91. The zero-order chi connectivity index (χ0) is 17.5. The highest BCUT2D eigenvalue weighted by Gasteiger charge is 2.20. The van der Waals surface area contributed by atoms with Gasteiger partial charge in [0.1, 0.15) is 5.69 Å². The number of hydrogen-bond acceptors (Lipinski definition) is 4. The van der Waals surface area contributed by atoms with E-state index in [0.717, 1.165) is 43.8 Å². The quantitative estimate of drug-likeness (QED) is 0.879. The van der Waals surface area contributed by atoms with Crippen LogP contribution in [0.5, 0.6) is 0 Å². The maximum Gasteiger partial charge on any atom is 0.270 e. The molecular weight excluding hydrogens is 314 g/mol. The Morgan fingerprint density at radius 3 is 2.72 bits per heavy atom. The van der Waals surface area contributed by atoms with Crippen LogP contribution in [0.2, 0.25) is 0 Å². The maximum absolute atomic E-state index is 12.4. The van der Waals surface area contributed by atoms with Gasteiger partial charge in [0.15, 0.2) is 0 Å². The smallest absolute Gasteiger partial charge is 0.270 e. The van der Waals surface area contributed by atoms with E-state index in [1.165, 1.54) is 0 Å². The molecule has 0 radical (unpaired) electrons. The number of piperidine rings is 1. The molecule has 0 bridgehead atoms.